The molecule has 204 valence electrons. The monoisotopic (exact) mass is 554 g/mol. The van der Waals surface area contributed by atoms with Crippen molar-refractivity contribution in [2.24, 2.45) is 0 Å². The van der Waals surface area contributed by atoms with E-state index in [1.807, 2.05) is 59.2 Å². The van der Waals surface area contributed by atoms with E-state index in [0.717, 1.165) is 34.4 Å². The number of anilines is 2. The van der Waals surface area contributed by atoms with Gasteiger partial charge in [0.05, 0.1) is 30.5 Å². The third-order valence-corrected chi connectivity index (χ3v) is 6.65. The number of methoxy groups -OCH3 is 1. The zero-order valence-corrected chi connectivity index (χ0v) is 23.6. The Hall–Kier alpha value is -4.63. The predicted molar refractivity (Wildman–Crippen MR) is 159 cm³/mol. The second kappa shape index (κ2) is 12.0. The van der Waals surface area contributed by atoms with E-state index in [4.69, 9.17) is 16.3 Å². The summed E-state index contributed by atoms with van der Waals surface area (Å²) in [6, 6.07) is 20.1. The summed E-state index contributed by atoms with van der Waals surface area (Å²) < 4.78 is 9.11. The van der Waals surface area contributed by atoms with Crippen LogP contribution in [0.5, 0.6) is 5.75 Å². The summed E-state index contributed by atoms with van der Waals surface area (Å²) >= 11 is 6.04. The van der Waals surface area contributed by atoms with Crippen molar-refractivity contribution in [3.05, 3.63) is 113 Å². The smallest absolute Gasteiger partial charge is 0.210 e. The number of aryl methyl sites for hydroxylation is 3. The lowest BCUT2D eigenvalue weighted by Gasteiger charge is -2.10. The van der Waals surface area contributed by atoms with Crippen LogP contribution in [0.4, 0.5) is 11.9 Å². The van der Waals surface area contributed by atoms with Crippen molar-refractivity contribution in [2.75, 3.05) is 17.7 Å². The van der Waals surface area contributed by atoms with E-state index in [9.17, 15) is 0 Å². The molecule has 6 aromatic rings. The Bertz CT molecular complexity index is 1730. The van der Waals surface area contributed by atoms with Crippen molar-refractivity contribution in [3.63, 3.8) is 0 Å². The molecule has 0 spiro atoms. The maximum Gasteiger partial charge on any atom is 0.210 e. The normalized spacial score (nSPS) is 10.8. The molecule has 0 saturated carbocycles. The molecule has 0 aliphatic rings. The number of hydrogen-bond acceptors (Lipinski definition) is 7. The highest BCUT2D eigenvalue weighted by molar-refractivity contribution is 6.29. The summed E-state index contributed by atoms with van der Waals surface area (Å²) in [7, 11) is 1.67. The van der Waals surface area contributed by atoms with Crippen LogP contribution in [0.3, 0.4) is 0 Å². The molecule has 0 fully saturated rings. The van der Waals surface area contributed by atoms with E-state index >= 15 is 0 Å². The van der Waals surface area contributed by atoms with Crippen molar-refractivity contribution in [1.29, 1.82) is 0 Å². The number of aromatic nitrogens is 6. The molecule has 4 heterocycles. The fourth-order valence-corrected chi connectivity index (χ4v) is 4.49. The number of imidazole rings is 2. The quantitative estimate of drug-likeness (QED) is 0.225. The van der Waals surface area contributed by atoms with Gasteiger partial charge >= 0.3 is 0 Å². The first-order valence-corrected chi connectivity index (χ1v) is 13.2. The van der Waals surface area contributed by atoms with Gasteiger partial charge in [-0.3, -0.25) is 8.80 Å². The lowest BCUT2D eigenvalue weighted by atomic mass is 10.1. The number of rotatable bonds is 7. The van der Waals surface area contributed by atoms with Crippen LogP contribution in [-0.4, -0.2) is 35.8 Å². The number of nitrogens with one attached hydrogen (secondary N) is 2. The molecular formula is C30H31ClN8O. The maximum absolute atomic E-state index is 6.04. The molecule has 0 amide bonds. The number of fused-ring (bicyclic) bond motifs is 2. The Morgan fingerprint density at radius 1 is 0.725 bits per heavy atom. The van der Waals surface area contributed by atoms with E-state index in [1.54, 1.807) is 25.6 Å². The summed E-state index contributed by atoms with van der Waals surface area (Å²) in [5, 5.41) is 7.12. The summed E-state index contributed by atoms with van der Waals surface area (Å²) in [6.07, 6.45) is 5.42. The Labute approximate surface area is 237 Å². The minimum atomic E-state index is 0.462. The molecule has 10 heteroatoms. The Morgan fingerprint density at radius 2 is 1.30 bits per heavy atom. The molecule has 0 saturated heterocycles. The first-order chi connectivity index (χ1) is 19.4. The average Bonchev–Trinajstić information content (AvgIpc) is 3.54. The van der Waals surface area contributed by atoms with Crippen molar-refractivity contribution in [3.8, 4) is 5.75 Å². The molecule has 2 aromatic carbocycles. The molecule has 0 unspecified atom stereocenters. The van der Waals surface area contributed by atoms with Crippen LogP contribution >= 0.6 is 11.6 Å². The molecule has 0 aliphatic heterocycles. The Kier molecular flexibility index (Phi) is 8.12. The van der Waals surface area contributed by atoms with Crippen molar-refractivity contribution < 1.29 is 4.74 Å². The van der Waals surface area contributed by atoms with Gasteiger partial charge in [-0.25, -0.2) is 19.9 Å². The van der Waals surface area contributed by atoms with Crippen LogP contribution in [-0.2, 0) is 13.1 Å². The topological polar surface area (TPSA) is 93.7 Å². The predicted octanol–water partition coefficient (Wildman–Crippen LogP) is 6.27. The highest BCUT2D eigenvalue weighted by Crippen LogP contribution is 2.19. The molecule has 40 heavy (non-hydrogen) atoms. The van der Waals surface area contributed by atoms with Crippen LogP contribution in [0, 0.1) is 20.8 Å². The van der Waals surface area contributed by atoms with Gasteiger partial charge in [-0.15, -0.1) is 0 Å². The molecule has 0 bridgehead atoms. The second-order valence-corrected chi connectivity index (χ2v) is 9.73. The zero-order chi connectivity index (χ0) is 28.1. The van der Waals surface area contributed by atoms with Gasteiger partial charge in [0.2, 0.25) is 11.9 Å². The summed E-state index contributed by atoms with van der Waals surface area (Å²) in [4.78, 5) is 17.3. The number of benzene rings is 2. The zero-order valence-electron chi connectivity index (χ0n) is 22.9. The Morgan fingerprint density at radius 3 is 1.95 bits per heavy atom. The molecular weight excluding hydrogens is 524 g/mol. The van der Waals surface area contributed by atoms with E-state index < -0.39 is 0 Å². The van der Waals surface area contributed by atoms with Crippen LogP contribution < -0.4 is 15.4 Å². The van der Waals surface area contributed by atoms with Crippen molar-refractivity contribution in [1.82, 2.24) is 28.7 Å². The number of hydrogen-bond donors (Lipinski definition) is 2. The molecule has 6 rings (SSSR count). The number of ether oxygens (including phenoxy) is 1. The van der Waals surface area contributed by atoms with Crippen LogP contribution in [0.25, 0.3) is 11.0 Å². The van der Waals surface area contributed by atoms with Gasteiger partial charge in [-0.2, -0.15) is 0 Å². The molecule has 0 aliphatic carbocycles. The Balaban J connectivity index is 0.000000161. The van der Waals surface area contributed by atoms with Gasteiger partial charge in [0, 0.05) is 25.4 Å². The summed E-state index contributed by atoms with van der Waals surface area (Å²) in [5.74, 6) is 4.18. The SMILES string of the molecule is COc1ccc(CNc2nccc3cnc(C)n23)cc1.Cc1ccc(CNc2nc(Cl)cc3cnc(C)n23)cc1. The van der Waals surface area contributed by atoms with E-state index in [2.05, 4.69) is 61.8 Å². The fourth-order valence-electron chi connectivity index (χ4n) is 4.30. The fraction of sp³-hybridized carbons (Fsp3) is 0.200. The van der Waals surface area contributed by atoms with Gasteiger partial charge in [0.15, 0.2) is 0 Å². The highest BCUT2D eigenvalue weighted by atomic mass is 35.5. The lowest BCUT2D eigenvalue weighted by Crippen LogP contribution is -2.07. The van der Waals surface area contributed by atoms with Gasteiger partial charge < -0.3 is 15.4 Å². The standard InChI is InChI=1S/C15H15ClN4.C15H16N4O/c1-10-3-5-12(6-4-10)8-18-15-19-14(16)7-13-9-17-11(2)20(13)15;1-11-17-10-13-7-8-16-15(19(11)13)18-9-12-3-5-14(20-2)6-4-12/h3-7,9H,8H2,1-2H3,(H,18,19);3-8,10H,9H2,1-2H3,(H,16,18). The first kappa shape index (κ1) is 27.0. The number of halogens is 1. The van der Waals surface area contributed by atoms with Gasteiger partial charge in [0.1, 0.15) is 22.6 Å². The van der Waals surface area contributed by atoms with Gasteiger partial charge in [-0.05, 0) is 50.1 Å². The summed E-state index contributed by atoms with van der Waals surface area (Å²) in [5.41, 5.74) is 5.59. The molecule has 0 atom stereocenters. The highest BCUT2D eigenvalue weighted by Gasteiger charge is 2.08. The molecule has 0 radical (unpaired) electrons. The lowest BCUT2D eigenvalue weighted by molar-refractivity contribution is 0.414. The minimum Gasteiger partial charge on any atom is -0.497 e. The largest absolute Gasteiger partial charge is 0.497 e. The van der Waals surface area contributed by atoms with E-state index in [-0.39, 0.29) is 0 Å². The van der Waals surface area contributed by atoms with Crippen LogP contribution in [0.15, 0.2) is 79.3 Å². The van der Waals surface area contributed by atoms with E-state index in [0.29, 0.717) is 24.2 Å². The van der Waals surface area contributed by atoms with Crippen molar-refractivity contribution >= 4 is 34.5 Å². The second-order valence-electron chi connectivity index (χ2n) is 9.34. The third kappa shape index (κ3) is 6.16. The molecule has 2 N–H and O–H groups in total. The van der Waals surface area contributed by atoms with Gasteiger partial charge in [0.25, 0.3) is 0 Å². The molecule has 9 nitrogen and oxygen atoms in total. The molecule has 4 aromatic heterocycles. The van der Waals surface area contributed by atoms with Gasteiger partial charge in [-0.1, -0.05) is 53.6 Å². The first-order valence-electron chi connectivity index (χ1n) is 12.9. The van der Waals surface area contributed by atoms with Crippen LogP contribution in [0.1, 0.15) is 28.3 Å². The maximum atomic E-state index is 6.04. The van der Waals surface area contributed by atoms with E-state index in [1.165, 1.54) is 16.7 Å². The van der Waals surface area contributed by atoms with Crippen molar-refractivity contribution in [2.45, 2.75) is 33.9 Å². The average molecular weight is 555 g/mol. The minimum absolute atomic E-state index is 0.462. The third-order valence-electron chi connectivity index (χ3n) is 6.46. The van der Waals surface area contributed by atoms with Crippen LogP contribution in [0.2, 0.25) is 5.15 Å². The number of nitrogens with zero attached hydrogens (tertiary/aromatic N) is 6. The summed E-state index contributed by atoms with van der Waals surface area (Å²) in [6.45, 7) is 7.38.